The predicted octanol–water partition coefficient (Wildman–Crippen LogP) is 4.95. The lowest BCUT2D eigenvalue weighted by atomic mass is 10.1. The van der Waals surface area contributed by atoms with Crippen molar-refractivity contribution in [1.29, 1.82) is 0 Å². The Bertz CT molecular complexity index is 413. The van der Waals surface area contributed by atoms with Crippen molar-refractivity contribution >= 4 is 24.5 Å². The molecule has 1 aromatic carbocycles. The molecule has 1 rings (SSSR count). The Morgan fingerprint density at radius 1 is 1.10 bits per heavy atom. The number of hydrogen-bond acceptors (Lipinski definition) is 2. The van der Waals surface area contributed by atoms with E-state index >= 15 is 0 Å². The van der Waals surface area contributed by atoms with Crippen LogP contribution in [0.1, 0.15) is 51.0 Å². The zero-order chi connectivity index (χ0) is 14.6. The van der Waals surface area contributed by atoms with Crippen LogP contribution in [-0.2, 0) is 4.79 Å². The molecule has 4 heteroatoms. The summed E-state index contributed by atoms with van der Waals surface area (Å²) in [6.07, 6.45) is 10.2. The molecule has 0 saturated heterocycles. The summed E-state index contributed by atoms with van der Waals surface area (Å²) in [4.78, 5) is 10.4. The van der Waals surface area contributed by atoms with Crippen molar-refractivity contribution in [3.63, 3.8) is 0 Å². The highest BCUT2D eigenvalue weighted by atomic mass is 35.5. The SMILES string of the molecule is CCCCCCCCOc1ccc(C=CC(=O)O)cc1.Cl. The first-order valence-electron chi connectivity index (χ1n) is 7.36. The number of benzene rings is 1. The standard InChI is InChI=1S/C17H24O3.ClH/c1-2-3-4-5-6-7-14-20-16-11-8-15(9-12-16)10-13-17(18)19;/h8-13H,2-7,14H2,1H3,(H,18,19);1H. The minimum Gasteiger partial charge on any atom is -0.494 e. The normalized spacial score (nSPS) is 10.3. The lowest BCUT2D eigenvalue weighted by Crippen LogP contribution is -1.97. The molecule has 3 nitrogen and oxygen atoms in total. The van der Waals surface area contributed by atoms with Gasteiger partial charge in [-0.25, -0.2) is 4.79 Å². The van der Waals surface area contributed by atoms with Gasteiger partial charge in [-0.2, -0.15) is 0 Å². The van der Waals surface area contributed by atoms with Gasteiger partial charge in [0.15, 0.2) is 0 Å². The summed E-state index contributed by atoms with van der Waals surface area (Å²) in [5, 5.41) is 8.54. The van der Waals surface area contributed by atoms with E-state index in [4.69, 9.17) is 9.84 Å². The molecule has 21 heavy (non-hydrogen) atoms. The predicted molar refractivity (Wildman–Crippen MR) is 89.2 cm³/mol. The molecule has 0 saturated carbocycles. The van der Waals surface area contributed by atoms with E-state index in [1.165, 1.54) is 32.1 Å². The van der Waals surface area contributed by atoms with Crippen LogP contribution >= 0.6 is 12.4 Å². The second kappa shape index (κ2) is 12.3. The van der Waals surface area contributed by atoms with Gasteiger partial charge in [-0.1, -0.05) is 51.2 Å². The Morgan fingerprint density at radius 2 is 1.71 bits per heavy atom. The Balaban J connectivity index is 0.00000400. The average Bonchev–Trinajstić information content (AvgIpc) is 2.45. The maximum Gasteiger partial charge on any atom is 0.328 e. The van der Waals surface area contributed by atoms with Gasteiger partial charge in [0, 0.05) is 6.08 Å². The quantitative estimate of drug-likeness (QED) is 0.491. The third-order valence-corrected chi connectivity index (χ3v) is 3.07. The molecule has 0 radical (unpaired) electrons. The van der Waals surface area contributed by atoms with Gasteiger partial charge >= 0.3 is 5.97 Å². The van der Waals surface area contributed by atoms with E-state index in [0.29, 0.717) is 0 Å². The average molecular weight is 313 g/mol. The lowest BCUT2D eigenvalue weighted by Gasteiger charge is -2.06. The largest absolute Gasteiger partial charge is 0.494 e. The van der Waals surface area contributed by atoms with Crippen LogP contribution in [0.15, 0.2) is 30.3 Å². The van der Waals surface area contributed by atoms with E-state index in [2.05, 4.69) is 6.92 Å². The van der Waals surface area contributed by atoms with Crippen molar-refractivity contribution in [2.75, 3.05) is 6.61 Å². The molecular formula is C17H25ClO3. The van der Waals surface area contributed by atoms with Gasteiger partial charge in [0.1, 0.15) is 5.75 Å². The number of carboxylic acid groups (broad SMARTS) is 1. The lowest BCUT2D eigenvalue weighted by molar-refractivity contribution is -0.131. The molecule has 0 aliphatic rings. The smallest absolute Gasteiger partial charge is 0.328 e. The van der Waals surface area contributed by atoms with Crippen LogP contribution in [0.5, 0.6) is 5.75 Å². The molecule has 0 aliphatic heterocycles. The fourth-order valence-electron chi connectivity index (χ4n) is 1.92. The topological polar surface area (TPSA) is 46.5 Å². The summed E-state index contributed by atoms with van der Waals surface area (Å²) >= 11 is 0. The van der Waals surface area contributed by atoms with Crippen molar-refractivity contribution in [2.24, 2.45) is 0 Å². The monoisotopic (exact) mass is 312 g/mol. The first kappa shape index (κ1) is 19.5. The summed E-state index contributed by atoms with van der Waals surface area (Å²) in [6.45, 7) is 2.97. The van der Waals surface area contributed by atoms with Crippen molar-refractivity contribution in [3.05, 3.63) is 35.9 Å². The van der Waals surface area contributed by atoms with Crippen LogP contribution in [0.25, 0.3) is 6.08 Å². The maximum atomic E-state index is 10.4. The summed E-state index contributed by atoms with van der Waals surface area (Å²) in [5.74, 6) is -0.0977. The zero-order valence-electron chi connectivity index (χ0n) is 12.6. The summed E-state index contributed by atoms with van der Waals surface area (Å²) in [5.41, 5.74) is 0.860. The Labute approximate surface area is 133 Å². The van der Waals surface area contributed by atoms with Crippen LogP contribution < -0.4 is 4.74 Å². The highest BCUT2D eigenvalue weighted by molar-refractivity contribution is 5.85. The molecule has 1 aromatic rings. The number of hydrogen-bond donors (Lipinski definition) is 1. The van der Waals surface area contributed by atoms with Crippen molar-refractivity contribution < 1.29 is 14.6 Å². The molecular weight excluding hydrogens is 288 g/mol. The van der Waals surface area contributed by atoms with Gasteiger partial charge in [-0.15, -0.1) is 12.4 Å². The molecule has 0 amide bonds. The molecule has 118 valence electrons. The number of ether oxygens (including phenoxy) is 1. The Kier molecular flexibility index (Phi) is 11.4. The molecule has 0 aromatic heterocycles. The van der Waals surface area contributed by atoms with E-state index in [-0.39, 0.29) is 12.4 Å². The van der Waals surface area contributed by atoms with E-state index < -0.39 is 5.97 Å². The van der Waals surface area contributed by atoms with Crippen molar-refractivity contribution in [2.45, 2.75) is 45.4 Å². The van der Waals surface area contributed by atoms with Crippen LogP contribution in [0.4, 0.5) is 0 Å². The number of halogens is 1. The maximum absolute atomic E-state index is 10.4. The third-order valence-electron chi connectivity index (χ3n) is 3.07. The van der Waals surface area contributed by atoms with Gasteiger partial charge in [0.2, 0.25) is 0 Å². The van der Waals surface area contributed by atoms with Gasteiger partial charge in [-0.3, -0.25) is 0 Å². The zero-order valence-corrected chi connectivity index (χ0v) is 13.4. The van der Waals surface area contributed by atoms with Gasteiger partial charge in [-0.05, 0) is 30.2 Å². The molecule has 0 fully saturated rings. The van der Waals surface area contributed by atoms with Gasteiger partial charge in [0.25, 0.3) is 0 Å². The molecule has 0 unspecified atom stereocenters. The van der Waals surface area contributed by atoms with Gasteiger partial charge < -0.3 is 9.84 Å². The van der Waals surface area contributed by atoms with Crippen molar-refractivity contribution in [3.8, 4) is 5.75 Å². The Morgan fingerprint density at radius 3 is 2.33 bits per heavy atom. The number of carbonyl (C=O) groups is 1. The van der Waals surface area contributed by atoms with Crippen LogP contribution in [0, 0.1) is 0 Å². The Hall–Kier alpha value is -1.48. The van der Waals surface area contributed by atoms with E-state index in [1.54, 1.807) is 6.08 Å². The van der Waals surface area contributed by atoms with Gasteiger partial charge in [0.05, 0.1) is 6.61 Å². The fourth-order valence-corrected chi connectivity index (χ4v) is 1.92. The highest BCUT2D eigenvalue weighted by Crippen LogP contribution is 2.14. The molecule has 0 bridgehead atoms. The number of carboxylic acids is 1. The summed E-state index contributed by atoms with van der Waals surface area (Å²) < 4.78 is 5.65. The summed E-state index contributed by atoms with van der Waals surface area (Å²) in [7, 11) is 0. The van der Waals surface area contributed by atoms with Crippen LogP contribution in [-0.4, -0.2) is 17.7 Å². The third kappa shape index (κ3) is 9.97. The first-order valence-corrected chi connectivity index (χ1v) is 7.36. The number of aliphatic carboxylic acids is 1. The van der Waals surface area contributed by atoms with E-state index in [9.17, 15) is 4.79 Å². The second-order valence-corrected chi connectivity index (χ2v) is 4.86. The number of unbranched alkanes of at least 4 members (excludes halogenated alkanes) is 5. The minimum atomic E-state index is -0.937. The summed E-state index contributed by atoms with van der Waals surface area (Å²) in [6, 6.07) is 7.46. The van der Waals surface area contributed by atoms with Crippen molar-refractivity contribution in [1.82, 2.24) is 0 Å². The molecule has 0 aliphatic carbocycles. The molecule has 0 atom stereocenters. The van der Waals surface area contributed by atoms with E-state index in [1.807, 2.05) is 24.3 Å². The fraction of sp³-hybridized carbons (Fsp3) is 0.471. The number of rotatable bonds is 10. The van der Waals surface area contributed by atoms with E-state index in [0.717, 1.165) is 30.4 Å². The first-order chi connectivity index (χ1) is 9.72. The van der Waals surface area contributed by atoms with Crippen LogP contribution in [0.2, 0.25) is 0 Å². The molecule has 0 spiro atoms. The second-order valence-electron chi connectivity index (χ2n) is 4.86. The minimum absolute atomic E-state index is 0. The molecule has 0 heterocycles. The highest BCUT2D eigenvalue weighted by Gasteiger charge is 1.95. The molecule has 1 N–H and O–H groups in total. The van der Waals surface area contributed by atoms with Crippen LogP contribution in [0.3, 0.4) is 0 Å².